The maximum atomic E-state index is 13.6. The van der Waals surface area contributed by atoms with Gasteiger partial charge in [0.1, 0.15) is 11.6 Å². The average Bonchev–Trinajstić information content (AvgIpc) is 3.21. The highest BCUT2D eigenvalue weighted by molar-refractivity contribution is 8.00. The van der Waals surface area contributed by atoms with Crippen molar-refractivity contribution in [2.24, 2.45) is 0 Å². The van der Waals surface area contributed by atoms with Crippen LogP contribution in [-0.2, 0) is 4.79 Å². The largest absolute Gasteiger partial charge is 0.323 e. The second-order valence-corrected chi connectivity index (χ2v) is 7.03. The van der Waals surface area contributed by atoms with Gasteiger partial charge in [0.2, 0.25) is 11.1 Å². The molecule has 1 unspecified atom stereocenters. The molecule has 1 aliphatic carbocycles. The predicted octanol–water partition coefficient (Wildman–Crippen LogP) is 3.19. The molecule has 0 saturated heterocycles. The summed E-state index contributed by atoms with van der Waals surface area (Å²) in [4.78, 5) is 12.2. The Balaban J connectivity index is 1.66. The molecule has 1 fully saturated rings. The monoisotopic (exact) mass is 353 g/mol. The van der Waals surface area contributed by atoms with E-state index in [2.05, 4.69) is 20.8 Å². The smallest absolute Gasteiger partial charge is 0.237 e. The maximum absolute atomic E-state index is 13.6. The Labute approximate surface area is 142 Å². The normalized spacial score (nSPS) is 16.3. The van der Waals surface area contributed by atoms with Crippen LogP contribution in [-0.4, -0.2) is 31.4 Å². The number of tetrazole rings is 1. The van der Waals surface area contributed by atoms with E-state index in [0.717, 1.165) is 43.9 Å². The van der Waals surface area contributed by atoms with E-state index in [0.29, 0.717) is 5.16 Å². The number of nitrogens with zero attached hydrogens (tertiary/aromatic N) is 4. The quantitative estimate of drug-likeness (QED) is 0.836. The van der Waals surface area contributed by atoms with Crippen molar-refractivity contribution in [1.29, 1.82) is 0 Å². The predicted molar refractivity (Wildman–Crippen MR) is 85.6 cm³/mol. The van der Waals surface area contributed by atoms with Crippen molar-refractivity contribution in [3.05, 3.63) is 29.8 Å². The van der Waals surface area contributed by atoms with Crippen LogP contribution >= 0.6 is 11.8 Å². The Hall–Kier alpha value is -2.03. The van der Waals surface area contributed by atoms with Gasteiger partial charge < -0.3 is 5.32 Å². The number of carbonyl (C=O) groups excluding carboxylic acids is 1. The molecule has 0 radical (unpaired) electrons. The Bertz CT molecular complexity index is 732. The van der Waals surface area contributed by atoms with Crippen LogP contribution < -0.4 is 5.32 Å². The number of thioether (sulfide) groups is 1. The molecule has 1 aromatic carbocycles. The number of benzene rings is 1. The highest BCUT2D eigenvalue weighted by Crippen LogP contribution is 2.32. The zero-order chi connectivity index (χ0) is 17.1. The second-order valence-electron chi connectivity index (χ2n) is 5.72. The Kier molecular flexibility index (Phi) is 5.08. The number of aromatic nitrogens is 4. The number of halogens is 2. The molecule has 6 nitrogen and oxygen atoms in total. The second kappa shape index (κ2) is 7.25. The molecular formula is C15H17F2N5OS. The molecule has 1 amide bonds. The van der Waals surface area contributed by atoms with E-state index in [4.69, 9.17) is 0 Å². The van der Waals surface area contributed by atoms with Gasteiger partial charge >= 0.3 is 0 Å². The third-order valence-corrected chi connectivity index (χ3v) is 5.02. The molecule has 24 heavy (non-hydrogen) atoms. The Morgan fingerprint density at radius 1 is 1.38 bits per heavy atom. The average molecular weight is 353 g/mol. The molecule has 1 atom stereocenters. The number of hydrogen-bond acceptors (Lipinski definition) is 5. The lowest BCUT2D eigenvalue weighted by Gasteiger charge is -2.14. The fraction of sp³-hybridized carbons (Fsp3) is 0.467. The zero-order valence-corrected chi connectivity index (χ0v) is 13.9. The molecule has 0 spiro atoms. The summed E-state index contributed by atoms with van der Waals surface area (Å²) in [7, 11) is 0. The molecule has 1 aliphatic rings. The van der Waals surface area contributed by atoms with E-state index >= 15 is 0 Å². The van der Waals surface area contributed by atoms with E-state index in [1.807, 2.05) is 0 Å². The van der Waals surface area contributed by atoms with Crippen LogP contribution in [0.25, 0.3) is 0 Å². The van der Waals surface area contributed by atoms with E-state index in [1.54, 1.807) is 11.6 Å². The lowest BCUT2D eigenvalue weighted by Crippen LogP contribution is -2.24. The highest BCUT2D eigenvalue weighted by Gasteiger charge is 2.25. The van der Waals surface area contributed by atoms with Crippen LogP contribution in [0.1, 0.15) is 38.6 Å². The summed E-state index contributed by atoms with van der Waals surface area (Å²) in [5.41, 5.74) is -0.178. The van der Waals surface area contributed by atoms with Gasteiger partial charge in [-0.15, -0.1) is 5.10 Å². The third-order valence-electron chi connectivity index (χ3n) is 3.97. The molecule has 2 aromatic rings. The van der Waals surface area contributed by atoms with Crippen molar-refractivity contribution in [3.63, 3.8) is 0 Å². The molecule has 3 rings (SSSR count). The summed E-state index contributed by atoms with van der Waals surface area (Å²) in [6.45, 7) is 1.67. The molecule has 128 valence electrons. The number of amides is 1. The maximum Gasteiger partial charge on any atom is 0.237 e. The standard InChI is InChI=1S/C15H17F2N5OS/c1-9(14(23)18-13-8-10(16)6-7-12(13)17)24-15-19-20-21-22(15)11-4-2-3-5-11/h6-9,11H,2-5H2,1H3,(H,18,23). The zero-order valence-electron chi connectivity index (χ0n) is 13.1. The molecule has 0 aliphatic heterocycles. The van der Waals surface area contributed by atoms with Gasteiger partial charge in [-0.1, -0.05) is 24.6 Å². The number of nitrogens with one attached hydrogen (secondary N) is 1. The minimum atomic E-state index is -0.683. The first-order valence-electron chi connectivity index (χ1n) is 7.75. The van der Waals surface area contributed by atoms with Gasteiger partial charge in [0.05, 0.1) is 17.0 Å². The molecule has 1 N–H and O–H groups in total. The van der Waals surface area contributed by atoms with Crippen LogP contribution in [0.15, 0.2) is 23.4 Å². The van der Waals surface area contributed by atoms with Crippen LogP contribution in [0.4, 0.5) is 14.5 Å². The lowest BCUT2D eigenvalue weighted by molar-refractivity contribution is -0.115. The van der Waals surface area contributed by atoms with E-state index in [9.17, 15) is 13.6 Å². The van der Waals surface area contributed by atoms with Crippen LogP contribution in [0, 0.1) is 11.6 Å². The van der Waals surface area contributed by atoms with Crippen LogP contribution in [0.3, 0.4) is 0 Å². The molecular weight excluding hydrogens is 336 g/mol. The minimum absolute atomic E-state index is 0.178. The summed E-state index contributed by atoms with van der Waals surface area (Å²) >= 11 is 1.20. The van der Waals surface area contributed by atoms with Crippen molar-refractivity contribution >= 4 is 23.4 Å². The topological polar surface area (TPSA) is 72.7 Å². The first-order valence-corrected chi connectivity index (χ1v) is 8.63. The van der Waals surface area contributed by atoms with Gasteiger partial charge in [-0.3, -0.25) is 4.79 Å². The van der Waals surface area contributed by atoms with Crippen LogP contribution in [0.2, 0.25) is 0 Å². The van der Waals surface area contributed by atoms with E-state index in [1.165, 1.54) is 11.8 Å². The SMILES string of the molecule is CC(Sc1nnnn1C1CCCC1)C(=O)Nc1cc(F)ccc1F. The first kappa shape index (κ1) is 16.8. The van der Waals surface area contributed by atoms with Crippen molar-refractivity contribution in [2.45, 2.75) is 49.1 Å². The van der Waals surface area contributed by atoms with Gasteiger partial charge in [-0.05, 0) is 42.3 Å². The molecule has 1 heterocycles. The molecule has 1 saturated carbocycles. The summed E-state index contributed by atoms with van der Waals surface area (Å²) in [6.07, 6.45) is 4.33. The third kappa shape index (κ3) is 3.72. The van der Waals surface area contributed by atoms with Crippen molar-refractivity contribution in [3.8, 4) is 0 Å². The van der Waals surface area contributed by atoms with Gasteiger partial charge in [0.25, 0.3) is 0 Å². The van der Waals surface area contributed by atoms with Gasteiger partial charge in [0, 0.05) is 6.07 Å². The van der Waals surface area contributed by atoms with Gasteiger partial charge in [-0.25, -0.2) is 13.5 Å². The number of anilines is 1. The fourth-order valence-electron chi connectivity index (χ4n) is 2.68. The summed E-state index contributed by atoms with van der Waals surface area (Å²) in [5.74, 6) is -1.74. The fourth-order valence-corrected chi connectivity index (χ4v) is 3.54. The summed E-state index contributed by atoms with van der Waals surface area (Å²) in [5, 5.41) is 14.1. The van der Waals surface area contributed by atoms with Crippen LogP contribution in [0.5, 0.6) is 0 Å². The molecule has 0 bridgehead atoms. The number of rotatable bonds is 5. The summed E-state index contributed by atoms with van der Waals surface area (Å²) in [6, 6.07) is 3.19. The van der Waals surface area contributed by atoms with Crippen molar-refractivity contribution in [1.82, 2.24) is 20.2 Å². The Morgan fingerprint density at radius 3 is 2.88 bits per heavy atom. The number of carbonyl (C=O) groups is 1. The van der Waals surface area contributed by atoms with E-state index < -0.39 is 22.8 Å². The molecule has 9 heteroatoms. The summed E-state index contributed by atoms with van der Waals surface area (Å²) < 4.78 is 28.5. The van der Waals surface area contributed by atoms with Gasteiger partial charge in [-0.2, -0.15) is 0 Å². The number of hydrogen-bond donors (Lipinski definition) is 1. The lowest BCUT2D eigenvalue weighted by atomic mass is 10.3. The van der Waals surface area contributed by atoms with E-state index in [-0.39, 0.29) is 11.7 Å². The van der Waals surface area contributed by atoms with Gasteiger partial charge in [0.15, 0.2) is 0 Å². The van der Waals surface area contributed by atoms with Crippen molar-refractivity contribution < 1.29 is 13.6 Å². The first-order chi connectivity index (χ1) is 11.5. The highest BCUT2D eigenvalue weighted by atomic mass is 32.2. The molecule has 1 aromatic heterocycles. The Morgan fingerprint density at radius 2 is 2.12 bits per heavy atom. The van der Waals surface area contributed by atoms with Crippen molar-refractivity contribution in [2.75, 3.05) is 5.32 Å². The minimum Gasteiger partial charge on any atom is -0.323 e.